The Labute approximate surface area is 151 Å². The van der Waals surface area contributed by atoms with Crippen LogP contribution >= 0.6 is 0 Å². The molecule has 0 saturated heterocycles. The smallest absolute Gasteiger partial charge is 0.0805 e. The first-order valence-electron chi connectivity index (χ1n) is 10.5. The van der Waals surface area contributed by atoms with E-state index in [4.69, 9.17) is 0 Å². The van der Waals surface area contributed by atoms with Crippen LogP contribution in [0.5, 0.6) is 0 Å². The largest absolute Gasteiger partial charge is 0.393 e. The van der Waals surface area contributed by atoms with Crippen LogP contribution < -0.4 is 0 Å². The summed E-state index contributed by atoms with van der Waals surface area (Å²) in [6.07, 6.45) is 14.5. The molecule has 7 atom stereocenters. The molecule has 0 spiro atoms. The molecule has 1 heterocycles. The predicted molar refractivity (Wildman–Crippen MR) is 99.0 cm³/mol. The lowest BCUT2D eigenvalue weighted by Gasteiger charge is -2.58. The van der Waals surface area contributed by atoms with E-state index in [2.05, 4.69) is 36.2 Å². The maximum Gasteiger partial charge on any atom is 0.0805 e. The van der Waals surface area contributed by atoms with Crippen molar-refractivity contribution in [2.45, 2.75) is 71.3 Å². The maximum atomic E-state index is 10.1. The minimum absolute atomic E-state index is 0.0970. The Morgan fingerprint density at radius 2 is 1.92 bits per heavy atom. The highest BCUT2D eigenvalue weighted by molar-refractivity contribution is 5.26. The minimum atomic E-state index is -0.0970. The summed E-state index contributed by atoms with van der Waals surface area (Å²) in [4.78, 5) is 0. The molecule has 3 unspecified atom stereocenters. The van der Waals surface area contributed by atoms with Gasteiger partial charge >= 0.3 is 0 Å². The van der Waals surface area contributed by atoms with Crippen molar-refractivity contribution in [3.05, 3.63) is 23.4 Å². The number of fused-ring (bicyclic) bond motifs is 5. The number of aliphatic hydroxyl groups is 1. The fraction of sp³-hybridized carbons (Fsp3) is 0.818. The lowest BCUT2D eigenvalue weighted by atomic mass is 9.47. The Bertz CT molecular complexity index is 665. The number of rotatable bonds is 1. The minimum Gasteiger partial charge on any atom is -0.393 e. The first kappa shape index (κ1) is 16.2. The van der Waals surface area contributed by atoms with Gasteiger partial charge in [0.2, 0.25) is 0 Å². The van der Waals surface area contributed by atoms with Crippen LogP contribution in [0.15, 0.2) is 33.7 Å². The normalized spacial score (nSPS) is 51.4. The second kappa shape index (κ2) is 5.52. The van der Waals surface area contributed by atoms with Crippen molar-refractivity contribution in [1.82, 2.24) is 0 Å². The van der Waals surface area contributed by atoms with Gasteiger partial charge in [-0.1, -0.05) is 25.5 Å². The molecule has 1 N–H and O–H groups in total. The van der Waals surface area contributed by atoms with Gasteiger partial charge in [-0.15, -0.1) is 0 Å². The Morgan fingerprint density at radius 1 is 1.04 bits per heavy atom. The summed E-state index contributed by atoms with van der Waals surface area (Å²) in [6.45, 7) is 5.88. The number of azo groups is 1. The average molecular weight is 341 g/mol. The predicted octanol–water partition coefficient (Wildman–Crippen LogP) is 5.28. The Morgan fingerprint density at radius 3 is 2.72 bits per heavy atom. The van der Waals surface area contributed by atoms with Crippen LogP contribution in [0.1, 0.15) is 65.2 Å². The van der Waals surface area contributed by atoms with E-state index in [1.54, 1.807) is 5.57 Å². The van der Waals surface area contributed by atoms with Crippen LogP contribution in [0, 0.1) is 34.5 Å². The molecule has 4 aliphatic carbocycles. The van der Waals surface area contributed by atoms with Crippen LogP contribution in [0.4, 0.5) is 0 Å². The highest BCUT2D eigenvalue weighted by Gasteiger charge is 2.59. The van der Waals surface area contributed by atoms with Gasteiger partial charge in [0.25, 0.3) is 0 Å². The van der Waals surface area contributed by atoms with Gasteiger partial charge in [-0.3, -0.25) is 0 Å². The topological polar surface area (TPSA) is 45.0 Å². The molecule has 25 heavy (non-hydrogen) atoms. The highest BCUT2D eigenvalue weighted by Crippen LogP contribution is 2.67. The maximum absolute atomic E-state index is 10.1. The van der Waals surface area contributed by atoms with E-state index in [9.17, 15) is 5.11 Å². The first-order valence-corrected chi connectivity index (χ1v) is 10.5. The lowest BCUT2D eigenvalue weighted by Crippen LogP contribution is -2.50. The molecule has 0 aromatic rings. The van der Waals surface area contributed by atoms with Crippen LogP contribution in [-0.2, 0) is 0 Å². The van der Waals surface area contributed by atoms with E-state index < -0.39 is 0 Å². The van der Waals surface area contributed by atoms with Crippen LogP contribution in [0.25, 0.3) is 0 Å². The first-order chi connectivity index (χ1) is 12.0. The van der Waals surface area contributed by atoms with Crippen molar-refractivity contribution in [3.63, 3.8) is 0 Å². The van der Waals surface area contributed by atoms with Crippen LogP contribution in [0.3, 0.4) is 0 Å². The Balaban J connectivity index is 1.46. The number of nitrogens with zero attached hydrogens (tertiary/aromatic N) is 2. The molecule has 0 radical (unpaired) electrons. The number of aliphatic hydroxyl groups excluding tert-OH is 1. The molecule has 3 heteroatoms. The van der Waals surface area contributed by atoms with E-state index in [0.29, 0.717) is 16.7 Å². The van der Waals surface area contributed by atoms with E-state index in [-0.39, 0.29) is 6.10 Å². The monoisotopic (exact) mass is 340 g/mol. The van der Waals surface area contributed by atoms with E-state index in [1.165, 1.54) is 44.2 Å². The third-order valence-corrected chi connectivity index (χ3v) is 9.00. The Kier molecular flexibility index (Phi) is 3.58. The second-order valence-electron chi connectivity index (χ2n) is 9.88. The molecule has 0 aromatic heterocycles. The van der Waals surface area contributed by atoms with E-state index in [0.717, 1.165) is 37.1 Å². The zero-order valence-corrected chi connectivity index (χ0v) is 15.7. The van der Waals surface area contributed by atoms with Gasteiger partial charge in [0.05, 0.1) is 18.3 Å². The summed E-state index contributed by atoms with van der Waals surface area (Å²) < 4.78 is 0. The van der Waals surface area contributed by atoms with Crippen molar-refractivity contribution >= 4 is 0 Å². The van der Waals surface area contributed by atoms with E-state index >= 15 is 0 Å². The molecule has 5 aliphatic rings. The molecule has 5 rings (SSSR count). The molecule has 1 aliphatic heterocycles. The summed E-state index contributed by atoms with van der Waals surface area (Å²) >= 11 is 0. The number of allylic oxidation sites excluding steroid dienone is 2. The fourth-order valence-electron chi connectivity index (χ4n) is 7.64. The van der Waals surface area contributed by atoms with Crippen LogP contribution in [0.2, 0.25) is 0 Å². The summed E-state index contributed by atoms with van der Waals surface area (Å²) in [7, 11) is 0. The van der Waals surface area contributed by atoms with Gasteiger partial charge in [-0.05, 0) is 86.0 Å². The van der Waals surface area contributed by atoms with Gasteiger partial charge < -0.3 is 5.11 Å². The van der Waals surface area contributed by atoms with Gasteiger partial charge in [-0.25, -0.2) is 0 Å². The molecule has 0 amide bonds. The van der Waals surface area contributed by atoms with Gasteiger partial charge in [-0.2, -0.15) is 10.2 Å². The number of hydrogen-bond acceptors (Lipinski definition) is 3. The standard InChI is InChI=1S/C22H32N2O/c1-21-10-7-15(25)13-14(21)3-4-16-17-5-6-19(20-9-12-23-24-20)22(17,2)11-8-18(16)21/h3,9,15-19,25H,4-8,10-13H2,1-2H3/t15-,16?,17?,18?,19+,21-,22-/m0/s1. The lowest BCUT2D eigenvalue weighted by molar-refractivity contribution is -0.0455. The fourth-order valence-corrected chi connectivity index (χ4v) is 7.64. The van der Waals surface area contributed by atoms with Crippen molar-refractivity contribution in [2.75, 3.05) is 6.54 Å². The van der Waals surface area contributed by atoms with Gasteiger partial charge in [0.15, 0.2) is 0 Å². The summed E-state index contributed by atoms with van der Waals surface area (Å²) in [5, 5.41) is 18.9. The van der Waals surface area contributed by atoms with Crippen molar-refractivity contribution < 1.29 is 5.11 Å². The third kappa shape index (κ3) is 2.20. The highest BCUT2D eigenvalue weighted by atomic mass is 16.3. The van der Waals surface area contributed by atoms with Crippen molar-refractivity contribution in [3.8, 4) is 0 Å². The third-order valence-electron chi connectivity index (χ3n) is 9.00. The number of hydrogen-bond donors (Lipinski definition) is 1. The Hall–Kier alpha value is -0.960. The summed E-state index contributed by atoms with van der Waals surface area (Å²) in [5.74, 6) is 3.15. The average Bonchev–Trinajstić information content (AvgIpc) is 3.22. The zero-order chi connectivity index (χ0) is 17.2. The zero-order valence-electron chi connectivity index (χ0n) is 15.7. The molecule has 3 fully saturated rings. The SMILES string of the molecule is C[C@]12CC[C@H](O)CC1=CCC1C2CC[C@@]2(C)C1CC[C@@H]2C1=CCN=N1. The van der Waals surface area contributed by atoms with Gasteiger partial charge in [0, 0.05) is 5.92 Å². The quantitative estimate of drug-likeness (QED) is 0.649. The molecule has 0 aromatic carbocycles. The molecule has 0 bridgehead atoms. The van der Waals surface area contributed by atoms with E-state index in [1.807, 2.05) is 0 Å². The second-order valence-corrected chi connectivity index (χ2v) is 9.88. The molecular weight excluding hydrogens is 308 g/mol. The van der Waals surface area contributed by atoms with Crippen LogP contribution in [-0.4, -0.2) is 17.8 Å². The van der Waals surface area contributed by atoms with Crippen molar-refractivity contribution in [1.29, 1.82) is 0 Å². The summed E-state index contributed by atoms with van der Waals surface area (Å²) in [6, 6.07) is 0. The molecule has 3 saturated carbocycles. The summed E-state index contributed by atoms with van der Waals surface area (Å²) in [5.41, 5.74) is 3.65. The van der Waals surface area contributed by atoms with Gasteiger partial charge in [0.1, 0.15) is 0 Å². The van der Waals surface area contributed by atoms with Crippen molar-refractivity contribution in [2.24, 2.45) is 44.7 Å². The molecule has 3 nitrogen and oxygen atoms in total. The molecule has 136 valence electrons. The molecular formula is C22H32N2O.